The van der Waals surface area contributed by atoms with Crippen LogP contribution in [0.25, 0.3) is 0 Å². The van der Waals surface area contributed by atoms with E-state index in [1.165, 1.54) is 0 Å². The van der Waals surface area contributed by atoms with E-state index in [0.717, 1.165) is 0 Å². The number of methoxy groups -OCH3 is 2. The van der Waals surface area contributed by atoms with Crippen molar-refractivity contribution in [2.24, 2.45) is 0 Å². The van der Waals surface area contributed by atoms with Crippen molar-refractivity contribution in [2.45, 2.75) is 0 Å². The second-order valence-corrected chi connectivity index (χ2v) is 1.27. The molecule has 0 aliphatic carbocycles. The minimum absolute atomic E-state index is 0. The third-order valence-corrected chi connectivity index (χ3v) is 0.492. The number of hydrogen-bond acceptors (Lipinski definition) is 3. The van der Waals surface area contributed by atoms with E-state index < -0.39 is 6.16 Å². The van der Waals surface area contributed by atoms with Gasteiger partial charge in [0.2, 0.25) is 0 Å². The van der Waals surface area contributed by atoms with E-state index in [-0.39, 0.29) is 51.4 Å². The van der Waals surface area contributed by atoms with Gasteiger partial charge in [0.25, 0.3) is 0 Å². The maximum atomic E-state index is 8.56. The summed E-state index contributed by atoms with van der Waals surface area (Å²) in [6.07, 6.45) is -1.83. The Morgan fingerprint density at radius 3 is 1.45 bits per heavy atom. The van der Waals surface area contributed by atoms with Crippen molar-refractivity contribution in [3.05, 3.63) is 0 Å². The van der Waals surface area contributed by atoms with Crippen molar-refractivity contribution in [1.29, 1.82) is 0 Å². The van der Waals surface area contributed by atoms with Gasteiger partial charge in [-0.25, -0.2) is 4.79 Å². The predicted octanol–water partition coefficient (Wildman–Crippen LogP) is -0.147. The summed E-state index contributed by atoms with van der Waals surface area (Å²) in [6, 6.07) is 0. The molecule has 0 saturated heterocycles. The zero-order valence-electron chi connectivity index (χ0n) is 6.03. The van der Waals surface area contributed by atoms with Crippen molar-refractivity contribution in [3.8, 4) is 0 Å². The van der Waals surface area contributed by atoms with E-state index in [4.69, 9.17) is 15.0 Å². The molecule has 64 valence electrons. The van der Waals surface area contributed by atoms with Crippen molar-refractivity contribution in [1.82, 2.24) is 0 Å². The molecule has 0 aliphatic rings. The number of rotatable bonds is 3. The molecule has 0 aliphatic heterocycles. The molecule has 0 bridgehead atoms. The van der Waals surface area contributed by atoms with Crippen LogP contribution < -0.4 is 0 Å². The van der Waals surface area contributed by atoms with Crippen LogP contribution in [0.4, 0.5) is 4.79 Å². The molecule has 0 radical (unpaired) electrons. The van der Waals surface area contributed by atoms with E-state index in [9.17, 15) is 0 Å². The van der Waals surface area contributed by atoms with Gasteiger partial charge in [0.1, 0.15) is 0 Å². The summed E-state index contributed by atoms with van der Waals surface area (Å²) in [5.41, 5.74) is 0. The minimum atomic E-state index is -1.83. The molecule has 5 nitrogen and oxygen atoms in total. The number of ether oxygens (including phenoxy) is 2. The Labute approximate surface area is 108 Å². The van der Waals surface area contributed by atoms with E-state index in [2.05, 4.69) is 9.47 Å². The number of hydrogen-bond donors (Lipinski definition) is 2. The average Bonchev–Trinajstić information content (AvgIpc) is 1.82. The zero-order valence-corrected chi connectivity index (χ0v) is 6.03. The average molecular weight is 192 g/mol. The van der Waals surface area contributed by atoms with E-state index in [1.54, 1.807) is 14.2 Å². The molecule has 0 fully saturated rings. The summed E-state index contributed by atoms with van der Waals surface area (Å²) < 4.78 is 9.31. The molecule has 6 heteroatoms. The van der Waals surface area contributed by atoms with Crippen LogP contribution in [0.2, 0.25) is 0 Å². The Kier molecular flexibility index (Phi) is 27.6. The van der Waals surface area contributed by atoms with Gasteiger partial charge in [-0.15, -0.1) is 0 Å². The Morgan fingerprint density at radius 1 is 1.18 bits per heavy atom. The van der Waals surface area contributed by atoms with Gasteiger partial charge in [-0.3, -0.25) is 0 Å². The van der Waals surface area contributed by atoms with Crippen molar-refractivity contribution >= 4 is 57.5 Å². The third-order valence-electron chi connectivity index (χ3n) is 0.492. The Hall–Kier alpha value is 0.826. The summed E-state index contributed by atoms with van der Waals surface area (Å²) in [5, 5.41) is 13.9. The molecule has 0 rings (SSSR count). The van der Waals surface area contributed by atoms with E-state index in [0.29, 0.717) is 13.2 Å². The van der Waals surface area contributed by atoms with Gasteiger partial charge in [-0.1, -0.05) is 0 Å². The summed E-state index contributed by atoms with van der Waals surface area (Å²) in [5.74, 6) is 0. The monoisotopic (exact) mass is 192 g/mol. The van der Waals surface area contributed by atoms with Gasteiger partial charge in [0.05, 0.1) is 13.2 Å². The molecule has 2 N–H and O–H groups in total. The van der Waals surface area contributed by atoms with Crippen LogP contribution in [-0.2, 0) is 9.47 Å². The fourth-order valence-corrected chi connectivity index (χ4v) is 0.167. The maximum absolute atomic E-state index is 8.56. The molecular formula is C5H13KO5. The van der Waals surface area contributed by atoms with Crippen molar-refractivity contribution in [2.75, 3.05) is 27.4 Å². The first kappa shape index (κ1) is 17.8. The topological polar surface area (TPSA) is 76.0 Å². The number of carboxylic acid groups (broad SMARTS) is 2. The van der Waals surface area contributed by atoms with Gasteiger partial charge in [-0.2, -0.15) is 0 Å². The molecule has 0 atom stereocenters. The molecule has 11 heavy (non-hydrogen) atoms. The van der Waals surface area contributed by atoms with Crippen LogP contribution in [0.1, 0.15) is 0 Å². The quantitative estimate of drug-likeness (QED) is 0.480. The fraction of sp³-hybridized carbons (Fsp3) is 0.800. The zero-order chi connectivity index (χ0) is 8.41. The van der Waals surface area contributed by atoms with Crippen LogP contribution in [0.3, 0.4) is 0 Å². The van der Waals surface area contributed by atoms with E-state index in [1.807, 2.05) is 0 Å². The van der Waals surface area contributed by atoms with Crippen LogP contribution >= 0.6 is 0 Å². The summed E-state index contributed by atoms with van der Waals surface area (Å²) >= 11 is 0. The molecule has 0 spiro atoms. The van der Waals surface area contributed by atoms with Gasteiger partial charge >= 0.3 is 57.5 Å². The third kappa shape index (κ3) is 57.6. The van der Waals surface area contributed by atoms with Crippen LogP contribution in [-0.4, -0.2) is 95.2 Å². The predicted molar refractivity (Wildman–Crippen MR) is 41.6 cm³/mol. The van der Waals surface area contributed by atoms with Gasteiger partial charge in [0.15, 0.2) is 0 Å². The summed E-state index contributed by atoms with van der Waals surface area (Å²) in [7, 11) is 3.30. The standard InChI is InChI=1S/C4H10O2.CH2O3.K.H/c1-5-3-4-6-2;2-1(3)4;;/h3-4H2,1-2H3;(H2,2,3,4);;. The summed E-state index contributed by atoms with van der Waals surface area (Å²) in [6.45, 7) is 1.38. The number of carbonyl (C=O) groups is 1. The second-order valence-electron chi connectivity index (χ2n) is 1.27. The Bertz CT molecular complexity index is 69.3. The molecule has 0 amide bonds. The summed E-state index contributed by atoms with van der Waals surface area (Å²) in [4.78, 5) is 8.56. The van der Waals surface area contributed by atoms with Crippen LogP contribution in [0, 0.1) is 0 Å². The first-order valence-corrected chi connectivity index (χ1v) is 2.55. The second kappa shape index (κ2) is 17.1. The van der Waals surface area contributed by atoms with Gasteiger partial charge < -0.3 is 19.7 Å². The molecule has 0 aromatic heterocycles. The molecule has 0 aromatic carbocycles. The molecule has 0 heterocycles. The normalized spacial score (nSPS) is 7.09. The molecule has 0 aromatic rings. The van der Waals surface area contributed by atoms with Crippen LogP contribution in [0.5, 0.6) is 0 Å². The van der Waals surface area contributed by atoms with Crippen LogP contribution in [0.15, 0.2) is 0 Å². The molecule has 0 saturated carbocycles. The SMILES string of the molecule is COCCOC.O=C(O)O.[KH]. The Balaban J connectivity index is -0.000000114. The van der Waals surface area contributed by atoms with Gasteiger partial charge in [0, 0.05) is 14.2 Å². The van der Waals surface area contributed by atoms with Crippen molar-refractivity contribution in [3.63, 3.8) is 0 Å². The van der Waals surface area contributed by atoms with Crippen molar-refractivity contribution < 1.29 is 24.5 Å². The van der Waals surface area contributed by atoms with E-state index >= 15 is 0 Å². The Morgan fingerprint density at radius 2 is 1.36 bits per heavy atom. The first-order chi connectivity index (χ1) is 4.65. The molecule has 0 unspecified atom stereocenters. The molecular weight excluding hydrogens is 179 g/mol. The first-order valence-electron chi connectivity index (χ1n) is 2.55. The van der Waals surface area contributed by atoms with Gasteiger partial charge in [-0.05, 0) is 0 Å². The fourth-order valence-electron chi connectivity index (χ4n) is 0.167.